The second-order valence-corrected chi connectivity index (χ2v) is 11.7. The molecule has 0 spiro atoms. The van der Waals surface area contributed by atoms with Crippen molar-refractivity contribution in [1.29, 1.82) is 5.26 Å². The summed E-state index contributed by atoms with van der Waals surface area (Å²) in [5.74, 6) is -0.561. The molecule has 0 radical (unpaired) electrons. The van der Waals surface area contributed by atoms with E-state index in [0.29, 0.717) is 26.0 Å². The fourth-order valence-corrected chi connectivity index (χ4v) is 7.16. The van der Waals surface area contributed by atoms with Gasteiger partial charge < -0.3 is 19.2 Å². The van der Waals surface area contributed by atoms with Crippen LogP contribution in [-0.2, 0) is 9.53 Å². The number of benzene rings is 3. The molecule has 0 aliphatic heterocycles. The van der Waals surface area contributed by atoms with Crippen LogP contribution >= 0.6 is 22.7 Å². The van der Waals surface area contributed by atoms with Crippen LogP contribution in [0.2, 0.25) is 0 Å². The first kappa shape index (κ1) is 28.7. The Bertz CT molecular complexity index is 1990. The lowest BCUT2D eigenvalue weighted by molar-refractivity contribution is -0.132. The molecule has 7 nitrogen and oxygen atoms in total. The Labute approximate surface area is 261 Å². The fraction of sp³-hybridized carbons (Fsp3) is 0.0571. The minimum Gasteiger partial charge on any atom is -0.477 e. The molecule has 0 fully saturated rings. The number of carbonyl (C=O) groups is 2. The summed E-state index contributed by atoms with van der Waals surface area (Å²) in [6.07, 6.45) is 1.33. The van der Waals surface area contributed by atoms with Gasteiger partial charge in [-0.05, 0) is 79.7 Å². The third kappa shape index (κ3) is 5.64. The average Bonchev–Trinajstić information content (AvgIpc) is 3.78. The molecule has 0 atom stereocenters. The lowest BCUT2D eigenvalue weighted by Crippen LogP contribution is -2.09. The van der Waals surface area contributed by atoms with E-state index in [1.165, 1.54) is 28.7 Å². The molecule has 0 aliphatic rings. The Hall–Kier alpha value is -5.43. The second-order valence-electron chi connectivity index (χ2n) is 9.56. The van der Waals surface area contributed by atoms with Crippen molar-refractivity contribution in [1.82, 2.24) is 0 Å². The number of furan rings is 1. The molecule has 0 amide bonds. The molecule has 3 heterocycles. The number of nitrogens with zero attached hydrogens (tertiary/aromatic N) is 2. The number of para-hydroxylation sites is 2. The van der Waals surface area contributed by atoms with Gasteiger partial charge in [0.25, 0.3) is 0 Å². The van der Waals surface area contributed by atoms with Gasteiger partial charge in [0.05, 0.1) is 16.2 Å². The maximum atomic E-state index is 12.5. The predicted molar refractivity (Wildman–Crippen MR) is 175 cm³/mol. The first-order valence-corrected chi connectivity index (χ1v) is 15.3. The number of carbonyl (C=O) groups excluding carboxylic acids is 1. The third-order valence-electron chi connectivity index (χ3n) is 6.78. The van der Waals surface area contributed by atoms with E-state index in [1.54, 1.807) is 19.1 Å². The summed E-state index contributed by atoms with van der Waals surface area (Å²) in [6, 6.07) is 35.6. The lowest BCUT2D eigenvalue weighted by Gasteiger charge is -2.25. The second kappa shape index (κ2) is 12.4. The number of hydrogen-bond donors (Lipinski definition) is 1. The van der Waals surface area contributed by atoms with E-state index in [4.69, 9.17) is 9.15 Å². The van der Waals surface area contributed by atoms with Crippen LogP contribution in [0.25, 0.3) is 38.1 Å². The normalized spacial score (nSPS) is 11.3. The molecule has 6 rings (SSSR count). The van der Waals surface area contributed by atoms with Crippen LogP contribution in [0.15, 0.2) is 113 Å². The smallest absolute Gasteiger partial charge is 0.348 e. The average molecular weight is 617 g/mol. The third-order valence-corrected chi connectivity index (χ3v) is 9.23. The minimum absolute atomic E-state index is 0.232. The van der Waals surface area contributed by atoms with Gasteiger partial charge in [0, 0.05) is 32.9 Å². The number of ether oxygens (including phenoxy) is 1. The van der Waals surface area contributed by atoms with Crippen LogP contribution in [0, 0.1) is 11.3 Å². The number of aliphatic carboxylic acids is 1. The van der Waals surface area contributed by atoms with Gasteiger partial charge in [-0.3, -0.25) is 0 Å². The molecule has 3 aromatic heterocycles. The monoisotopic (exact) mass is 616 g/mol. The van der Waals surface area contributed by atoms with E-state index in [1.807, 2.05) is 72.8 Å². The molecule has 0 aliphatic carbocycles. The van der Waals surface area contributed by atoms with Crippen molar-refractivity contribution in [2.24, 2.45) is 0 Å². The van der Waals surface area contributed by atoms with Crippen LogP contribution in [0.3, 0.4) is 0 Å². The number of fused-ring (bicyclic) bond motifs is 1. The highest BCUT2D eigenvalue weighted by Gasteiger charge is 2.22. The van der Waals surface area contributed by atoms with Crippen molar-refractivity contribution >= 4 is 67.8 Å². The highest BCUT2D eigenvalue weighted by molar-refractivity contribution is 7.27. The van der Waals surface area contributed by atoms with E-state index < -0.39 is 17.5 Å². The standard InChI is InChI=1S/C35H24N2O5S2/c1-2-41-35(40)31-20-27-32(43-30(33(27)44-31)19-23(21-36)34(38)39)29-18-17-28(42-29)22-13-15-26(16-14-22)37(24-9-5-3-6-10-24)25-11-7-4-8-12-25/h3-20H,2H2,1H3,(H,38,39)/b23-19-. The number of anilines is 3. The molecule has 9 heteroatoms. The van der Waals surface area contributed by atoms with Gasteiger partial charge in [0.1, 0.15) is 28.0 Å². The Kier molecular flexibility index (Phi) is 8.10. The number of carboxylic acids is 1. The summed E-state index contributed by atoms with van der Waals surface area (Å²) in [7, 11) is 0. The molecule has 0 saturated carbocycles. The summed E-state index contributed by atoms with van der Waals surface area (Å²) >= 11 is 2.50. The Morgan fingerprint density at radius 1 is 0.886 bits per heavy atom. The summed E-state index contributed by atoms with van der Waals surface area (Å²) < 4.78 is 12.2. The quantitative estimate of drug-likeness (QED) is 0.0980. The van der Waals surface area contributed by atoms with E-state index in [0.717, 1.165) is 32.9 Å². The molecular formula is C35H24N2O5S2. The molecule has 216 valence electrons. The van der Waals surface area contributed by atoms with Gasteiger partial charge in [-0.2, -0.15) is 5.26 Å². The molecule has 0 unspecified atom stereocenters. The van der Waals surface area contributed by atoms with Gasteiger partial charge in [-0.15, -0.1) is 22.7 Å². The first-order valence-electron chi connectivity index (χ1n) is 13.7. The fourth-order valence-electron chi connectivity index (χ4n) is 4.80. The van der Waals surface area contributed by atoms with Crippen molar-refractivity contribution in [3.8, 4) is 28.0 Å². The van der Waals surface area contributed by atoms with Gasteiger partial charge >= 0.3 is 11.9 Å². The Balaban J connectivity index is 1.37. The van der Waals surface area contributed by atoms with Crippen LogP contribution in [0.1, 0.15) is 21.5 Å². The SMILES string of the molecule is CCOC(=O)c1cc2c(-c3ccc(-c4ccc(N(c5ccccc5)c5ccccc5)cc4)o3)sc(/C=C(/C#N)C(=O)O)c2s1. The van der Waals surface area contributed by atoms with Gasteiger partial charge in [0.15, 0.2) is 0 Å². The predicted octanol–water partition coefficient (Wildman–Crippen LogP) is 9.53. The molecule has 6 aromatic rings. The molecule has 1 N–H and O–H groups in total. The summed E-state index contributed by atoms with van der Waals surface area (Å²) in [5, 5.41) is 19.5. The topological polar surface area (TPSA) is 104 Å². The van der Waals surface area contributed by atoms with E-state index >= 15 is 0 Å². The van der Waals surface area contributed by atoms with Crippen LogP contribution < -0.4 is 4.90 Å². The zero-order valence-electron chi connectivity index (χ0n) is 23.4. The number of thiophene rings is 2. The number of nitriles is 1. The van der Waals surface area contributed by atoms with Crippen molar-refractivity contribution in [3.05, 3.63) is 118 Å². The van der Waals surface area contributed by atoms with E-state index in [9.17, 15) is 20.0 Å². The Morgan fingerprint density at radius 3 is 2.09 bits per heavy atom. The number of hydrogen-bond acceptors (Lipinski definition) is 8. The molecule has 3 aromatic carbocycles. The van der Waals surface area contributed by atoms with Crippen LogP contribution in [-0.4, -0.2) is 23.7 Å². The Morgan fingerprint density at radius 2 is 1.50 bits per heavy atom. The number of rotatable bonds is 9. The van der Waals surface area contributed by atoms with E-state index in [2.05, 4.69) is 29.2 Å². The largest absolute Gasteiger partial charge is 0.477 e. The summed E-state index contributed by atoms with van der Waals surface area (Å²) in [6.45, 7) is 1.96. The summed E-state index contributed by atoms with van der Waals surface area (Å²) in [4.78, 5) is 27.9. The molecule has 0 saturated heterocycles. The summed E-state index contributed by atoms with van der Waals surface area (Å²) in [5.41, 5.74) is 3.55. The van der Waals surface area contributed by atoms with Gasteiger partial charge in [-0.25, -0.2) is 9.59 Å². The number of carboxylic acid groups (broad SMARTS) is 1. The minimum atomic E-state index is -1.32. The zero-order chi connectivity index (χ0) is 30.6. The molecular weight excluding hydrogens is 593 g/mol. The van der Waals surface area contributed by atoms with Crippen molar-refractivity contribution in [2.45, 2.75) is 6.92 Å². The number of esters is 1. The highest BCUT2D eigenvalue weighted by Crippen LogP contribution is 2.45. The van der Waals surface area contributed by atoms with Crippen molar-refractivity contribution in [2.75, 3.05) is 11.5 Å². The van der Waals surface area contributed by atoms with Crippen molar-refractivity contribution in [3.63, 3.8) is 0 Å². The zero-order valence-corrected chi connectivity index (χ0v) is 25.0. The first-order chi connectivity index (χ1) is 21.5. The van der Waals surface area contributed by atoms with Crippen LogP contribution in [0.5, 0.6) is 0 Å². The van der Waals surface area contributed by atoms with Crippen molar-refractivity contribution < 1.29 is 23.8 Å². The van der Waals surface area contributed by atoms with Gasteiger partial charge in [0.2, 0.25) is 0 Å². The molecule has 0 bridgehead atoms. The maximum absolute atomic E-state index is 12.5. The lowest BCUT2D eigenvalue weighted by atomic mass is 10.1. The van der Waals surface area contributed by atoms with E-state index in [-0.39, 0.29) is 6.61 Å². The van der Waals surface area contributed by atoms with Gasteiger partial charge in [-0.1, -0.05) is 36.4 Å². The maximum Gasteiger partial charge on any atom is 0.348 e. The molecule has 44 heavy (non-hydrogen) atoms. The highest BCUT2D eigenvalue weighted by atomic mass is 32.1. The van der Waals surface area contributed by atoms with Crippen LogP contribution in [0.4, 0.5) is 17.1 Å².